The SMILES string of the molecule is COc1cccc(-c2cc(Cl)ccc2Cl)n1. The van der Waals surface area contributed by atoms with Gasteiger partial charge >= 0.3 is 0 Å². The van der Waals surface area contributed by atoms with Gasteiger partial charge in [0.2, 0.25) is 5.88 Å². The van der Waals surface area contributed by atoms with Crippen LogP contribution in [0.25, 0.3) is 11.3 Å². The van der Waals surface area contributed by atoms with Crippen LogP contribution in [0.4, 0.5) is 0 Å². The van der Waals surface area contributed by atoms with Crippen LogP contribution in [0, 0.1) is 0 Å². The minimum absolute atomic E-state index is 0.550. The second-order valence-corrected chi connectivity index (χ2v) is 4.03. The van der Waals surface area contributed by atoms with Crippen molar-refractivity contribution in [3.63, 3.8) is 0 Å². The molecule has 0 aliphatic rings. The minimum Gasteiger partial charge on any atom is -0.481 e. The number of benzene rings is 1. The maximum absolute atomic E-state index is 6.09. The van der Waals surface area contributed by atoms with Gasteiger partial charge in [-0.25, -0.2) is 4.98 Å². The number of ether oxygens (including phenoxy) is 1. The van der Waals surface area contributed by atoms with Crippen molar-refractivity contribution >= 4 is 23.2 Å². The highest BCUT2D eigenvalue weighted by Crippen LogP contribution is 2.30. The van der Waals surface area contributed by atoms with E-state index in [-0.39, 0.29) is 0 Å². The lowest BCUT2D eigenvalue weighted by atomic mass is 10.1. The Balaban J connectivity index is 2.53. The molecular formula is C12H9Cl2NO. The molecule has 16 heavy (non-hydrogen) atoms. The predicted octanol–water partition coefficient (Wildman–Crippen LogP) is 4.06. The Morgan fingerprint density at radius 3 is 2.69 bits per heavy atom. The largest absolute Gasteiger partial charge is 0.481 e. The van der Waals surface area contributed by atoms with Crippen LogP contribution in [0.2, 0.25) is 10.0 Å². The molecule has 4 heteroatoms. The molecule has 82 valence electrons. The first kappa shape index (κ1) is 11.2. The summed E-state index contributed by atoms with van der Waals surface area (Å²) in [6.45, 7) is 0. The van der Waals surface area contributed by atoms with Gasteiger partial charge in [0.05, 0.1) is 17.8 Å². The molecule has 1 aromatic heterocycles. The van der Waals surface area contributed by atoms with Gasteiger partial charge in [0, 0.05) is 16.7 Å². The van der Waals surface area contributed by atoms with E-state index < -0.39 is 0 Å². The van der Waals surface area contributed by atoms with Gasteiger partial charge in [-0.05, 0) is 24.3 Å². The van der Waals surface area contributed by atoms with Crippen LogP contribution >= 0.6 is 23.2 Å². The molecule has 0 amide bonds. The van der Waals surface area contributed by atoms with Crippen molar-refractivity contribution in [2.75, 3.05) is 7.11 Å². The fraction of sp³-hybridized carbons (Fsp3) is 0.0833. The van der Waals surface area contributed by atoms with Crippen LogP contribution in [0.15, 0.2) is 36.4 Å². The molecule has 0 radical (unpaired) electrons. The summed E-state index contributed by atoms with van der Waals surface area (Å²) in [5, 5.41) is 1.24. The van der Waals surface area contributed by atoms with Crippen LogP contribution < -0.4 is 4.74 Å². The standard InChI is InChI=1S/C12H9Cl2NO/c1-16-12-4-2-3-11(15-12)9-7-8(13)5-6-10(9)14/h2-7H,1H3. The molecule has 0 aliphatic heterocycles. The Hall–Kier alpha value is -1.25. The summed E-state index contributed by atoms with van der Waals surface area (Å²) in [7, 11) is 1.58. The summed E-state index contributed by atoms with van der Waals surface area (Å²) in [5.74, 6) is 0.550. The molecular weight excluding hydrogens is 245 g/mol. The van der Waals surface area contributed by atoms with Crippen LogP contribution in [0.3, 0.4) is 0 Å². The number of hydrogen-bond acceptors (Lipinski definition) is 2. The first-order chi connectivity index (χ1) is 7.70. The van der Waals surface area contributed by atoms with E-state index in [4.69, 9.17) is 27.9 Å². The first-order valence-corrected chi connectivity index (χ1v) is 5.43. The Bertz CT molecular complexity index is 514. The third-order valence-electron chi connectivity index (χ3n) is 2.14. The van der Waals surface area contributed by atoms with E-state index in [9.17, 15) is 0 Å². The summed E-state index contributed by atoms with van der Waals surface area (Å²) in [5.41, 5.74) is 1.54. The van der Waals surface area contributed by atoms with Crippen molar-refractivity contribution in [1.29, 1.82) is 0 Å². The number of hydrogen-bond donors (Lipinski definition) is 0. The maximum Gasteiger partial charge on any atom is 0.213 e. The molecule has 0 N–H and O–H groups in total. The average Bonchev–Trinajstić information content (AvgIpc) is 2.32. The number of halogens is 2. The molecule has 0 atom stereocenters. The summed E-state index contributed by atoms with van der Waals surface area (Å²) in [6, 6.07) is 10.8. The molecule has 2 aromatic rings. The molecule has 0 unspecified atom stereocenters. The third kappa shape index (κ3) is 2.29. The van der Waals surface area contributed by atoms with E-state index in [1.54, 1.807) is 31.4 Å². The molecule has 1 aromatic carbocycles. The van der Waals surface area contributed by atoms with E-state index in [1.807, 2.05) is 12.1 Å². The van der Waals surface area contributed by atoms with Crippen molar-refractivity contribution in [1.82, 2.24) is 4.98 Å². The first-order valence-electron chi connectivity index (χ1n) is 4.67. The van der Waals surface area contributed by atoms with Gasteiger partial charge in [-0.1, -0.05) is 29.3 Å². The topological polar surface area (TPSA) is 22.1 Å². The van der Waals surface area contributed by atoms with Gasteiger partial charge in [0.15, 0.2) is 0 Å². The summed E-state index contributed by atoms with van der Waals surface area (Å²) >= 11 is 12.0. The fourth-order valence-corrected chi connectivity index (χ4v) is 1.76. The van der Waals surface area contributed by atoms with Crippen LogP contribution in [0.5, 0.6) is 5.88 Å². The third-order valence-corrected chi connectivity index (χ3v) is 2.70. The summed E-state index contributed by atoms with van der Waals surface area (Å²) in [4.78, 5) is 4.30. The molecule has 0 saturated carbocycles. The number of aromatic nitrogens is 1. The van der Waals surface area contributed by atoms with Crippen LogP contribution in [0.1, 0.15) is 0 Å². The molecule has 0 saturated heterocycles. The van der Waals surface area contributed by atoms with Crippen molar-refractivity contribution in [2.24, 2.45) is 0 Å². The molecule has 0 aliphatic carbocycles. The highest BCUT2D eigenvalue weighted by Gasteiger charge is 2.06. The Kier molecular flexibility index (Phi) is 3.32. The van der Waals surface area contributed by atoms with Gasteiger partial charge in [-0.2, -0.15) is 0 Å². The van der Waals surface area contributed by atoms with Crippen molar-refractivity contribution in [3.05, 3.63) is 46.4 Å². The normalized spacial score (nSPS) is 10.2. The Labute approximate surface area is 104 Å². The highest BCUT2D eigenvalue weighted by atomic mass is 35.5. The molecule has 0 bridgehead atoms. The van der Waals surface area contributed by atoms with E-state index in [1.165, 1.54) is 0 Å². The summed E-state index contributed by atoms with van der Waals surface area (Å²) in [6.07, 6.45) is 0. The van der Waals surface area contributed by atoms with Crippen molar-refractivity contribution in [2.45, 2.75) is 0 Å². The van der Waals surface area contributed by atoms with Crippen LogP contribution in [-0.2, 0) is 0 Å². The smallest absolute Gasteiger partial charge is 0.213 e. The lowest BCUT2D eigenvalue weighted by Gasteiger charge is -2.05. The van der Waals surface area contributed by atoms with Gasteiger partial charge in [-0.3, -0.25) is 0 Å². The lowest BCUT2D eigenvalue weighted by molar-refractivity contribution is 0.398. The summed E-state index contributed by atoms with van der Waals surface area (Å²) < 4.78 is 5.06. The molecule has 0 spiro atoms. The minimum atomic E-state index is 0.550. The zero-order chi connectivity index (χ0) is 11.5. The Morgan fingerprint density at radius 2 is 1.94 bits per heavy atom. The second kappa shape index (κ2) is 4.73. The molecule has 0 fully saturated rings. The molecule has 2 rings (SSSR count). The van der Waals surface area contributed by atoms with Gasteiger partial charge in [0.1, 0.15) is 0 Å². The lowest BCUT2D eigenvalue weighted by Crippen LogP contribution is -1.90. The fourth-order valence-electron chi connectivity index (χ4n) is 1.37. The van der Waals surface area contributed by atoms with E-state index in [2.05, 4.69) is 4.98 Å². The zero-order valence-electron chi connectivity index (χ0n) is 8.58. The van der Waals surface area contributed by atoms with Crippen molar-refractivity contribution in [3.8, 4) is 17.1 Å². The maximum atomic E-state index is 6.09. The molecule has 1 heterocycles. The van der Waals surface area contributed by atoms with Gasteiger partial charge < -0.3 is 4.74 Å². The molecule has 2 nitrogen and oxygen atoms in total. The van der Waals surface area contributed by atoms with Gasteiger partial charge in [0.25, 0.3) is 0 Å². The van der Waals surface area contributed by atoms with E-state index in [0.717, 1.165) is 11.3 Å². The van der Waals surface area contributed by atoms with Gasteiger partial charge in [-0.15, -0.1) is 0 Å². The quantitative estimate of drug-likeness (QED) is 0.806. The monoisotopic (exact) mass is 253 g/mol. The van der Waals surface area contributed by atoms with E-state index >= 15 is 0 Å². The average molecular weight is 254 g/mol. The number of methoxy groups -OCH3 is 1. The number of rotatable bonds is 2. The van der Waals surface area contributed by atoms with Crippen LogP contribution in [-0.4, -0.2) is 12.1 Å². The zero-order valence-corrected chi connectivity index (χ0v) is 10.1. The van der Waals surface area contributed by atoms with E-state index in [0.29, 0.717) is 15.9 Å². The number of nitrogens with zero attached hydrogens (tertiary/aromatic N) is 1. The second-order valence-electron chi connectivity index (χ2n) is 3.19. The predicted molar refractivity (Wildman–Crippen MR) is 66.2 cm³/mol. The highest BCUT2D eigenvalue weighted by molar-refractivity contribution is 6.35. The van der Waals surface area contributed by atoms with Crippen molar-refractivity contribution < 1.29 is 4.74 Å². The number of pyridine rings is 1. The Morgan fingerprint density at radius 1 is 1.12 bits per heavy atom.